The molecular weight excluding hydrogens is 424 g/mol. The summed E-state index contributed by atoms with van der Waals surface area (Å²) in [6.45, 7) is 9.16. The summed E-state index contributed by atoms with van der Waals surface area (Å²) >= 11 is 1.36. The van der Waals surface area contributed by atoms with Crippen LogP contribution in [-0.2, 0) is 4.79 Å². The van der Waals surface area contributed by atoms with Gasteiger partial charge in [-0.2, -0.15) is 0 Å². The Morgan fingerprint density at radius 3 is 2.59 bits per heavy atom. The highest BCUT2D eigenvalue weighted by Crippen LogP contribution is 2.28. The molecule has 8 heteroatoms. The van der Waals surface area contributed by atoms with Crippen molar-refractivity contribution in [2.24, 2.45) is 0 Å². The monoisotopic (exact) mass is 452 g/mol. The largest absolute Gasteiger partial charge is 0.483 e. The number of nitrogens with one attached hydrogen (secondary N) is 1. The van der Waals surface area contributed by atoms with Gasteiger partial charge in [-0.25, -0.2) is 4.98 Å². The molecule has 3 aromatic rings. The van der Waals surface area contributed by atoms with Crippen LogP contribution in [0.5, 0.6) is 5.75 Å². The van der Waals surface area contributed by atoms with Crippen molar-refractivity contribution in [1.82, 2.24) is 14.8 Å². The zero-order valence-electron chi connectivity index (χ0n) is 18.9. The predicted molar refractivity (Wildman–Crippen MR) is 128 cm³/mol. The average Bonchev–Trinajstić information content (AvgIpc) is 3.16. The van der Waals surface area contributed by atoms with E-state index in [4.69, 9.17) is 4.74 Å². The van der Waals surface area contributed by atoms with Gasteiger partial charge in [-0.1, -0.05) is 17.4 Å². The molecule has 0 saturated carbocycles. The topological polar surface area (TPSA) is 74.8 Å². The van der Waals surface area contributed by atoms with E-state index < -0.39 is 0 Å². The molecule has 0 atom stereocenters. The number of aromatic nitrogens is 1. The van der Waals surface area contributed by atoms with E-state index in [9.17, 15) is 9.59 Å². The van der Waals surface area contributed by atoms with Gasteiger partial charge in [0, 0.05) is 31.7 Å². The van der Waals surface area contributed by atoms with Crippen molar-refractivity contribution in [2.75, 3.05) is 45.2 Å². The Labute approximate surface area is 192 Å². The Morgan fingerprint density at radius 1 is 1.09 bits per heavy atom. The maximum atomic E-state index is 12.8. The zero-order chi connectivity index (χ0) is 22.8. The molecule has 2 aromatic carbocycles. The molecule has 0 radical (unpaired) electrons. The molecule has 32 heavy (non-hydrogen) atoms. The Balaban J connectivity index is 1.40. The number of ether oxygens (including phenoxy) is 1. The van der Waals surface area contributed by atoms with Crippen molar-refractivity contribution in [3.8, 4) is 5.75 Å². The van der Waals surface area contributed by atoms with E-state index in [0.29, 0.717) is 16.4 Å². The number of aryl methyl sites for hydroxylation is 2. The van der Waals surface area contributed by atoms with Crippen LogP contribution in [0.25, 0.3) is 10.2 Å². The third-order valence-electron chi connectivity index (χ3n) is 5.80. The van der Waals surface area contributed by atoms with E-state index in [1.165, 1.54) is 11.3 Å². The second kappa shape index (κ2) is 9.26. The third kappa shape index (κ3) is 4.92. The number of thiazole rings is 1. The first-order valence-corrected chi connectivity index (χ1v) is 11.5. The molecule has 168 valence electrons. The molecule has 0 spiro atoms. The van der Waals surface area contributed by atoms with Crippen molar-refractivity contribution in [2.45, 2.75) is 20.8 Å². The van der Waals surface area contributed by atoms with Crippen LogP contribution >= 0.6 is 11.3 Å². The summed E-state index contributed by atoms with van der Waals surface area (Å²) in [7, 11) is 2.06. The second-order valence-corrected chi connectivity index (χ2v) is 9.37. The Bertz CT molecular complexity index is 1170. The smallest absolute Gasteiger partial charge is 0.264 e. The number of nitrogens with zero attached hydrogens (tertiary/aromatic N) is 3. The number of piperazine rings is 1. The summed E-state index contributed by atoms with van der Waals surface area (Å²) in [4.78, 5) is 33.8. The number of hydrogen-bond acceptors (Lipinski definition) is 6. The lowest BCUT2D eigenvalue weighted by Gasteiger charge is -2.32. The minimum absolute atomic E-state index is 0.0382. The van der Waals surface area contributed by atoms with Crippen molar-refractivity contribution in [1.29, 1.82) is 0 Å². The molecule has 1 saturated heterocycles. The SMILES string of the molecule is Cc1cc(C)c(C)c(OCC(=O)Nc2nc3ccc(C(=O)N4CCN(C)CC4)cc3s2)c1. The second-order valence-electron chi connectivity index (χ2n) is 8.34. The minimum Gasteiger partial charge on any atom is -0.483 e. The number of anilines is 1. The molecule has 0 unspecified atom stereocenters. The zero-order valence-corrected chi connectivity index (χ0v) is 19.7. The molecule has 2 amide bonds. The number of likely N-dealkylation sites (N-methyl/N-ethyl adjacent to an activating group) is 1. The maximum absolute atomic E-state index is 12.8. The van der Waals surface area contributed by atoms with Crippen molar-refractivity contribution in [3.63, 3.8) is 0 Å². The van der Waals surface area contributed by atoms with E-state index in [1.807, 2.05) is 43.9 Å². The standard InChI is InChI=1S/C24H28N4O3S/c1-15-11-16(2)17(3)20(12-15)31-14-22(29)26-24-25-19-6-5-18(13-21(19)32-24)23(30)28-9-7-27(4)8-10-28/h5-6,11-13H,7-10,14H2,1-4H3,(H,25,26,29). The van der Waals surface area contributed by atoms with Crippen LogP contribution in [0.1, 0.15) is 27.0 Å². The van der Waals surface area contributed by atoms with Crippen LogP contribution in [0.4, 0.5) is 5.13 Å². The summed E-state index contributed by atoms with van der Waals surface area (Å²) in [6, 6.07) is 9.53. The van der Waals surface area contributed by atoms with Crippen molar-refractivity contribution in [3.05, 3.63) is 52.6 Å². The fourth-order valence-electron chi connectivity index (χ4n) is 3.75. The van der Waals surface area contributed by atoms with Crippen LogP contribution < -0.4 is 10.1 Å². The fraction of sp³-hybridized carbons (Fsp3) is 0.375. The van der Waals surface area contributed by atoms with E-state index in [1.54, 1.807) is 6.07 Å². The van der Waals surface area contributed by atoms with Crippen molar-refractivity contribution >= 4 is 38.5 Å². The van der Waals surface area contributed by atoms with Gasteiger partial charge in [-0.15, -0.1) is 0 Å². The first kappa shape index (κ1) is 22.2. The number of fused-ring (bicyclic) bond motifs is 1. The Kier molecular flexibility index (Phi) is 6.43. The number of carbonyl (C=O) groups is 2. The summed E-state index contributed by atoms with van der Waals surface area (Å²) in [5.41, 5.74) is 4.66. The average molecular weight is 453 g/mol. The summed E-state index contributed by atoms with van der Waals surface area (Å²) < 4.78 is 6.61. The van der Waals surface area contributed by atoms with E-state index >= 15 is 0 Å². The van der Waals surface area contributed by atoms with Gasteiger partial charge in [0.1, 0.15) is 5.75 Å². The normalized spacial score (nSPS) is 14.6. The summed E-state index contributed by atoms with van der Waals surface area (Å²) in [5.74, 6) is 0.488. The highest BCUT2D eigenvalue weighted by atomic mass is 32.1. The molecular formula is C24H28N4O3S. The number of rotatable bonds is 5. The highest BCUT2D eigenvalue weighted by Gasteiger charge is 2.21. The fourth-order valence-corrected chi connectivity index (χ4v) is 4.67. The molecule has 1 aliphatic rings. The van der Waals surface area contributed by atoms with Gasteiger partial charge in [0.2, 0.25) is 0 Å². The van der Waals surface area contributed by atoms with Gasteiger partial charge < -0.3 is 14.5 Å². The third-order valence-corrected chi connectivity index (χ3v) is 6.73. The molecule has 0 aliphatic carbocycles. The molecule has 1 fully saturated rings. The first-order valence-electron chi connectivity index (χ1n) is 10.7. The predicted octanol–water partition coefficient (Wildman–Crippen LogP) is 3.63. The minimum atomic E-state index is -0.267. The first-order chi connectivity index (χ1) is 15.3. The lowest BCUT2D eigenvalue weighted by molar-refractivity contribution is -0.118. The van der Waals surface area contributed by atoms with Gasteiger partial charge in [-0.05, 0) is 68.8 Å². The molecule has 1 aliphatic heterocycles. The van der Waals surface area contributed by atoms with Crippen LogP contribution in [-0.4, -0.2) is 66.4 Å². The van der Waals surface area contributed by atoms with Crippen LogP contribution in [0.15, 0.2) is 30.3 Å². The molecule has 1 aromatic heterocycles. The molecule has 2 heterocycles. The summed E-state index contributed by atoms with van der Waals surface area (Å²) in [5, 5.41) is 3.31. The molecule has 7 nitrogen and oxygen atoms in total. The van der Waals surface area contributed by atoms with E-state index in [2.05, 4.69) is 28.3 Å². The maximum Gasteiger partial charge on any atom is 0.264 e. The Hall–Kier alpha value is -2.97. The van der Waals surface area contributed by atoms with Gasteiger partial charge in [0.25, 0.3) is 11.8 Å². The highest BCUT2D eigenvalue weighted by molar-refractivity contribution is 7.22. The van der Waals surface area contributed by atoms with Crippen LogP contribution in [0.3, 0.4) is 0 Å². The van der Waals surface area contributed by atoms with Crippen LogP contribution in [0.2, 0.25) is 0 Å². The quantitative estimate of drug-likeness (QED) is 0.640. The van der Waals surface area contributed by atoms with Gasteiger partial charge in [0.05, 0.1) is 10.2 Å². The Morgan fingerprint density at radius 2 is 1.84 bits per heavy atom. The van der Waals surface area contributed by atoms with E-state index in [-0.39, 0.29) is 18.4 Å². The number of carbonyl (C=O) groups excluding carboxylic acids is 2. The lowest BCUT2D eigenvalue weighted by Crippen LogP contribution is -2.47. The van der Waals surface area contributed by atoms with E-state index in [0.717, 1.165) is 53.1 Å². The number of hydrogen-bond donors (Lipinski definition) is 1. The van der Waals surface area contributed by atoms with Gasteiger partial charge in [0.15, 0.2) is 11.7 Å². The van der Waals surface area contributed by atoms with Gasteiger partial charge in [-0.3, -0.25) is 14.9 Å². The van der Waals surface area contributed by atoms with Crippen LogP contribution in [0, 0.1) is 20.8 Å². The number of amides is 2. The lowest BCUT2D eigenvalue weighted by atomic mass is 10.1. The molecule has 1 N–H and O–H groups in total. The van der Waals surface area contributed by atoms with Gasteiger partial charge >= 0.3 is 0 Å². The van der Waals surface area contributed by atoms with Crippen molar-refractivity contribution < 1.29 is 14.3 Å². The molecule has 0 bridgehead atoms. The number of benzene rings is 2. The molecule has 4 rings (SSSR count). The summed E-state index contributed by atoms with van der Waals surface area (Å²) in [6.07, 6.45) is 0.